The Hall–Kier alpha value is -3.16. The number of carbonyl (C=O) groups is 1. The van der Waals surface area contributed by atoms with E-state index in [1.165, 1.54) is 12.7 Å². The first kappa shape index (κ1) is 18.2. The van der Waals surface area contributed by atoms with E-state index < -0.39 is 0 Å². The molecule has 1 aromatic carbocycles. The number of carbonyl (C=O) groups excluding carboxylic acids is 1. The van der Waals surface area contributed by atoms with Gasteiger partial charge in [-0.1, -0.05) is 6.07 Å². The molecule has 146 valence electrons. The summed E-state index contributed by atoms with van der Waals surface area (Å²) >= 11 is 0. The summed E-state index contributed by atoms with van der Waals surface area (Å²) in [6, 6.07) is 7.84. The third-order valence-corrected chi connectivity index (χ3v) is 5.30. The largest absolute Gasteiger partial charge is 0.335 e. The summed E-state index contributed by atoms with van der Waals surface area (Å²) in [6.45, 7) is 3.68. The lowest BCUT2D eigenvalue weighted by Gasteiger charge is -2.36. The Kier molecular flexibility index (Phi) is 5.36. The van der Waals surface area contributed by atoms with Gasteiger partial charge >= 0.3 is 6.03 Å². The van der Waals surface area contributed by atoms with Crippen molar-refractivity contribution in [3.8, 4) is 5.69 Å². The molecule has 1 atom stereocenters. The molecule has 0 bridgehead atoms. The second kappa shape index (κ2) is 8.24. The summed E-state index contributed by atoms with van der Waals surface area (Å²) in [5, 5.41) is 7.19. The molecule has 1 aliphatic rings. The van der Waals surface area contributed by atoms with Crippen LogP contribution in [0.2, 0.25) is 0 Å². The second-order valence-electron chi connectivity index (χ2n) is 7.12. The van der Waals surface area contributed by atoms with Gasteiger partial charge in [0, 0.05) is 37.2 Å². The van der Waals surface area contributed by atoms with Gasteiger partial charge in [-0.25, -0.2) is 19.4 Å². The first-order valence-corrected chi connectivity index (χ1v) is 9.71. The van der Waals surface area contributed by atoms with Gasteiger partial charge in [-0.2, -0.15) is 5.10 Å². The molecule has 2 amide bonds. The molecule has 28 heavy (non-hydrogen) atoms. The van der Waals surface area contributed by atoms with Crippen molar-refractivity contribution in [3.63, 3.8) is 0 Å². The van der Waals surface area contributed by atoms with Crippen LogP contribution in [0, 0.1) is 6.92 Å². The first-order chi connectivity index (χ1) is 13.7. The SMILES string of the molecule is Cc1nccn1CCC1CCCCN1C(=O)Nc1cccc(-n2cncn2)c1. The molecule has 2 aromatic heterocycles. The molecule has 0 spiro atoms. The van der Waals surface area contributed by atoms with Crippen LogP contribution in [-0.4, -0.2) is 47.8 Å². The van der Waals surface area contributed by atoms with Crippen LogP contribution in [-0.2, 0) is 6.54 Å². The highest BCUT2D eigenvalue weighted by Crippen LogP contribution is 2.22. The summed E-state index contributed by atoms with van der Waals surface area (Å²) in [7, 11) is 0. The van der Waals surface area contributed by atoms with Crippen molar-refractivity contribution in [2.75, 3.05) is 11.9 Å². The number of urea groups is 1. The fourth-order valence-corrected chi connectivity index (χ4v) is 3.76. The van der Waals surface area contributed by atoms with Crippen LogP contribution < -0.4 is 5.32 Å². The third-order valence-electron chi connectivity index (χ3n) is 5.30. The number of likely N-dealkylation sites (tertiary alicyclic amines) is 1. The Balaban J connectivity index is 1.42. The van der Waals surface area contributed by atoms with Crippen LogP contribution >= 0.6 is 0 Å². The van der Waals surface area contributed by atoms with E-state index in [-0.39, 0.29) is 12.1 Å². The topological polar surface area (TPSA) is 80.9 Å². The zero-order chi connectivity index (χ0) is 19.3. The maximum Gasteiger partial charge on any atom is 0.322 e. The highest BCUT2D eigenvalue weighted by atomic mass is 16.2. The van der Waals surface area contributed by atoms with Crippen molar-refractivity contribution < 1.29 is 4.79 Å². The maximum absolute atomic E-state index is 13.0. The maximum atomic E-state index is 13.0. The average molecular weight is 379 g/mol. The highest BCUT2D eigenvalue weighted by molar-refractivity contribution is 5.89. The van der Waals surface area contributed by atoms with E-state index >= 15 is 0 Å². The van der Waals surface area contributed by atoms with Crippen LogP contribution in [0.25, 0.3) is 5.69 Å². The number of imidazole rings is 1. The molecule has 3 heterocycles. The van der Waals surface area contributed by atoms with Crippen molar-refractivity contribution >= 4 is 11.7 Å². The summed E-state index contributed by atoms with van der Waals surface area (Å²) < 4.78 is 3.82. The molecule has 1 N–H and O–H groups in total. The molecule has 0 radical (unpaired) electrons. The molecule has 0 saturated carbocycles. The molecule has 1 unspecified atom stereocenters. The first-order valence-electron chi connectivity index (χ1n) is 9.71. The monoisotopic (exact) mass is 379 g/mol. The summed E-state index contributed by atoms with van der Waals surface area (Å²) in [5.41, 5.74) is 1.62. The van der Waals surface area contributed by atoms with Crippen molar-refractivity contribution in [1.82, 2.24) is 29.2 Å². The molecule has 4 rings (SSSR count). The van der Waals surface area contributed by atoms with Gasteiger partial charge in [0.05, 0.1) is 5.69 Å². The van der Waals surface area contributed by atoms with Crippen molar-refractivity contribution in [2.24, 2.45) is 0 Å². The van der Waals surface area contributed by atoms with E-state index in [0.29, 0.717) is 0 Å². The molecular formula is C20H25N7O. The molecule has 0 aliphatic carbocycles. The van der Waals surface area contributed by atoms with Crippen LogP contribution in [0.4, 0.5) is 10.5 Å². The zero-order valence-electron chi connectivity index (χ0n) is 16.0. The number of benzene rings is 1. The van der Waals surface area contributed by atoms with Crippen LogP contribution in [0.15, 0.2) is 49.3 Å². The minimum atomic E-state index is -0.0391. The van der Waals surface area contributed by atoms with Gasteiger partial charge < -0.3 is 14.8 Å². The van der Waals surface area contributed by atoms with E-state index in [4.69, 9.17) is 0 Å². The van der Waals surface area contributed by atoms with E-state index in [0.717, 1.165) is 49.6 Å². The number of piperidine rings is 1. The van der Waals surface area contributed by atoms with Gasteiger partial charge in [0.25, 0.3) is 0 Å². The highest BCUT2D eigenvalue weighted by Gasteiger charge is 2.26. The molecule has 1 aliphatic heterocycles. The minimum absolute atomic E-state index is 0.0391. The minimum Gasteiger partial charge on any atom is -0.335 e. The van der Waals surface area contributed by atoms with Crippen LogP contribution in [0.3, 0.4) is 0 Å². The summed E-state index contributed by atoms with van der Waals surface area (Å²) in [5.74, 6) is 1.01. The summed E-state index contributed by atoms with van der Waals surface area (Å²) in [4.78, 5) is 23.2. The lowest BCUT2D eigenvalue weighted by atomic mass is 9.99. The van der Waals surface area contributed by atoms with E-state index in [2.05, 4.69) is 25.0 Å². The molecule has 3 aromatic rings. The third kappa shape index (κ3) is 4.05. The molecule has 8 nitrogen and oxygen atoms in total. The molecule has 1 saturated heterocycles. The Morgan fingerprint density at radius 1 is 1.32 bits per heavy atom. The predicted molar refractivity (Wildman–Crippen MR) is 106 cm³/mol. The lowest BCUT2D eigenvalue weighted by Crippen LogP contribution is -2.46. The Labute approximate surface area is 164 Å². The van der Waals surface area contributed by atoms with E-state index in [1.807, 2.05) is 48.5 Å². The smallest absolute Gasteiger partial charge is 0.322 e. The van der Waals surface area contributed by atoms with Gasteiger partial charge in [0.15, 0.2) is 0 Å². The van der Waals surface area contributed by atoms with Crippen molar-refractivity contribution in [1.29, 1.82) is 0 Å². The molecule has 8 heteroatoms. The second-order valence-corrected chi connectivity index (χ2v) is 7.12. The number of anilines is 1. The van der Waals surface area contributed by atoms with Gasteiger partial charge in [-0.05, 0) is 50.8 Å². The normalized spacial score (nSPS) is 16.9. The van der Waals surface area contributed by atoms with Gasteiger partial charge in [0.2, 0.25) is 0 Å². The number of amides is 2. The predicted octanol–water partition coefficient (Wildman–Crippen LogP) is 3.25. The Morgan fingerprint density at radius 2 is 2.25 bits per heavy atom. The molecule has 1 fully saturated rings. The number of hydrogen-bond acceptors (Lipinski definition) is 4. The van der Waals surface area contributed by atoms with E-state index in [9.17, 15) is 4.79 Å². The van der Waals surface area contributed by atoms with Crippen molar-refractivity contribution in [2.45, 2.75) is 45.2 Å². The zero-order valence-corrected chi connectivity index (χ0v) is 16.0. The van der Waals surface area contributed by atoms with Crippen LogP contribution in [0.1, 0.15) is 31.5 Å². The lowest BCUT2D eigenvalue weighted by molar-refractivity contribution is 0.155. The number of nitrogens with one attached hydrogen (secondary N) is 1. The Bertz CT molecular complexity index is 918. The number of rotatable bonds is 5. The van der Waals surface area contributed by atoms with Gasteiger partial charge in [-0.15, -0.1) is 0 Å². The number of nitrogens with zero attached hydrogens (tertiary/aromatic N) is 6. The van der Waals surface area contributed by atoms with Crippen molar-refractivity contribution in [3.05, 3.63) is 55.1 Å². The number of aromatic nitrogens is 5. The average Bonchev–Trinajstić information content (AvgIpc) is 3.39. The fraction of sp³-hybridized carbons (Fsp3) is 0.400. The summed E-state index contributed by atoms with van der Waals surface area (Å²) in [6.07, 6.45) is 11.1. The molecular weight excluding hydrogens is 354 g/mol. The Morgan fingerprint density at radius 3 is 3.04 bits per heavy atom. The standard InChI is InChI=1S/C20H25N7O/c1-16-22-9-12-25(16)11-8-18-6-2-3-10-26(18)20(28)24-17-5-4-7-19(13-17)27-15-21-14-23-27/h4-5,7,9,12-15,18H,2-3,6,8,10-11H2,1H3,(H,24,28). The van der Waals surface area contributed by atoms with E-state index in [1.54, 1.807) is 11.0 Å². The van der Waals surface area contributed by atoms with Gasteiger partial charge in [0.1, 0.15) is 18.5 Å². The van der Waals surface area contributed by atoms with Crippen LogP contribution in [0.5, 0.6) is 0 Å². The van der Waals surface area contributed by atoms with Gasteiger partial charge in [-0.3, -0.25) is 0 Å². The quantitative estimate of drug-likeness (QED) is 0.738. The fourth-order valence-electron chi connectivity index (χ4n) is 3.76. The number of hydrogen-bond donors (Lipinski definition) is 1. The number of aryl methyl sites for hydroxylation is 2.